The van der Waals surface area contributed by atoms with Crippen LogP contribution < -0.4 is 0 Å². The lowest BCUT2D eigenvalue weighted by Gasteiger charge is -2.44. The first-order valence-corrected chi connectivity index (χ1v) is 12.8. The van der Waals surface area contributed by atoms with Gasteiger partial charge in [0.05, 0.1) is 6.04 Å². The molecular weight excluding hydrogens is 516 g/mol. The fourth-order valence-electron chi connectivity index (χ4n) is 4.40. The second kappa shape index (κ2) is 13.0. The molecule has 4 rings (SSSR count). The summed E-state index contributed by atoms with van der Waals surface area (Å²) in [7, 11) is 0. The molecule has 1 saturated heterocycles. The molecule has 0 spiro atoms. The van der Waals surface area contributed by atoms with Crippen molar-refractivity contribution in [3.63, 3.8) is 0 Å². The number of amides is 1. The predicted molar refractivity (Wildman–Crippen MR) is 143 cm³/mol. The van der Waals surface area contributed by atoms with Crippen molar-refractivity contribution in [1.29, 1.82) is 0 Å². The minimum Gasteiger partial charge on any atom is -0.480 e. The topological polar surface area (TPSA) is 66.8 Å². The standard InChI is InChI=1S/C22H23Cl2NO4.C7H7F/c1-3-4-18(22(27)28)25-19(26)12-29-21(17-10-9-16(24)11-13(17)2)20(25)14-5-7-15(23)8-6-14;1-6-2-4-7(8)5-3-6/h5-11,18,20-21H,3-4,12H2,1-2H3,(H,27,28);2-5H,1H3. The van der Waals surface area contributed by atoms with Gasteiger partial charge in [-0.05, 0) is 73.4 Å². The number of hydrogen-bond acceptors (Lipinski definition) is 3. The van der Waals surface area contributed by atoms with E-state index in [4.69, 9.17) is 27.9 Å². The first-order valence-electron chi connectivity index (χ1n) is 12.0. The summed E-state index contributed by atoms with van der Waals surface area (Å²) in [6, 6.07) is 17.4. The Kier molecular flexibility index (Phi) is 10.1. The number of aliphatic carboxylic acids is 1. The highest BCUT2D eigenvalue weighted by Gasteiger charge is 2.44. The van der Waals surface area contributed by atoms with Gasteiger partial charge in [-0.2, -0.15) is 0 Å². The second-order valence-corrected chi connectivity index (χ2v) is 9.84. The van der Waals surface area contributed by atoms with Crippen LogP contribution in [-0.4, -0.2) is 34.5 Å². The number of aryl methyl sites for hydroxylation is 2. The van der Waals surface area contributed by atoms with Gasteiger partial charge in [0, 0.05) is 10.0 Å². The Morgan fingerprint density at radius 3 is 2.22 bits per heavy atom. The number of benzene rings is 3. The third kappa shape index (κ3) is 7.31. The molecule has 37 heavy (non-hydrogen) atoms. The molecule has 0 aromatic heterocycles. The largest absolute Gasteiger partial charge is 0.480 e. The maximum Gasteiger partial charge on any atom is 0.326 e. The van der Waals surface area contributed by atoms with Crippen molar-refractivity contribution >= 4 is 35.1 Å². The van der Waals surface area contributed by atoms with Crippen LogP contribution in [0.15, 0.2) is 66.7 Å². The van der Waals surface area contributed by atoms with Gasteiger partial charge in [-0.3, -0.25) is 4.79 Å². The van der Waals surface area contributed by atoms with E-state index < -0.39 is 24.2 Å². The summed E-state index contributed by atoms with van der Waals surface area (Å²) < 4.78 is 18.1. The zero-order valence-electron chi connectivity index (χ0n) is 21.0. The zero-order chi connectivity index (χ0) is 27.1. The van der Waals surface area contributed by atoms with E-state index in [-0.39, 0.29) is 18.3 Å². The van der Waals surface area contributed by atoms with Crippen LogP contribution in [0, 0.1) is 19.7 Å². The summed E-state index contributed by atoms with van der Waals surface area (Å²) in [5.41, 5.74) is 3.64. The van der Waals surface area contributed by atoms with E-state index in [0.29, 0.717) is 22.9 Å². The molecule has 1 aliphatic heterocycles. The van der Waals surface area contributed by atoms with E-state index in [1.165, 1.54) is 17.0 Å². The predicted octanol–water partition coefficient (Wildman–Crippen LogP) is 7.33. The molecule has 0 saturated carbocycles. The van der Waals surface area contributed by atoms with Crippen LogP contribution in [0.2, 0.25) is 10.0 Å². The zero-order valence-corrected chi connectivity index (χ0v) is 22.5. The summed E-state index contributed by atoms with van der Waals surface area (Å²) in [5, 5.41) is 11.0. The lowest BCUT2D eigenvalue weighted by Crippen LogP contribution is -2.53. The molecule has 196 valence electrons. The van der Waals surface area contributed by atoms with E-state index >= 15 is 0 Å². The highest BCUT2D eigenvalue weighted by molar-refractivity contribution is 6.30. The molecule has 0 radical (unpaired) electrons. The fraction of sp³-hybridized carbons (Fsp3) is 0.310. The van der Waals surface area contributed by atoms with E-state index in [1.807, 2.05) is 45.0 Å². The van der Waals surface area contributed by atoms with Crippen LogP contribution in [0.3, 0.4) is 0 Å². The van der Waals surface area contributed by atoms with Gasteiger partial charge in [0.2, 0.25) is 5.91 Å². The molecule has 1 N–H and O–H groups in total. The minimum atomic E-state index is -1.02. The van der Waals surface area contributed by atoms with Gasteiger partial charge in [0.15, 0.2) is 0 Å². The van der Waals surface area contributed by atoms with Crippen LogP contribution in [-0.2, 0) is 14.3 Å². The highest BCUT2D eigenvalue weighted by Crippen LogP contribution is 2.43. The summed E-state index contributed by atoms with van der Waals surface area (Å²) in [6.45, 7) is 5.58. The van der Waals surface area contributed by atoms with Crippen molar-refractivity contribution in [3.05, 3.63) is 105 Å². The van der Waals surface area contributed by atoms with Crippen molar-refractivity contribution in [2.45, 2.75) is 51.8 Å². The average molecular weight is 546 g/mol. The molecule has 3 atom stereocenters. The third-order valence-electron chi connectivity index (χ3n) is 6.20. The Bertz CT molecular complexity index is 1200. The van der Waals surface area contributed by atoms with Gasteiger partial charge in [0.25, 0.3) is 0 Å². The van der Waals surface area contributed by atoms with E-state index in [9.17, 15) is 19.1 Å². The van der Waals surface area contributed by atoms with E-state index in [0.717, 1.165) is 22.3 Å². The first-order chi connectivity index (χ1) is 17.6. The van der Waals surface area contributed by atoms with Crippen molar-refractivity contribution in [3.8, 4) is 0 Å². The number of nitrogens with zero attached hydrogens (tertiary/aromatic N) is 1. The smallest absolute Gasteiger partial charge is 0.326 e. The molecule has 1 aliphatic rings. The van der Waals surface area contributed by atoms with Gasteiger partial charge in [-0.25, -0.2) is 9.18 Å². The molecule has 0 aliphatic carbocycles. The molecule has 3 unspecified atom stereocenters. The number of ether oxygens (including phenoxy) is 1. The number of carbonyl (C=O) groups excluding carboxylic acids is 1. The third-order valence-corrected chi connectivity index (χ3v) is 6.69. The maximum atomic E-state index is 12.9. The molecule has 1 heterocycles. The minimum absolute atomic E-state index is 0.171. The second-order valence-electron chi connectivity index (χ2n) is 8.97. The van der Waals surface area contributed by atoms with E-state index in [1.54, 1.807) is 30.3 Å². The van der Waals surface area contributed by atoms with Gasteiger partial charge in [-0.15, -0.1) is 0 Å². The molecule has 1 fully saturated rings. The van der Waals surface area contributed by atoms with Gasteiger partial charge < -0.3 is 14.7 Å². The molecule has 3 aromatic rings. The molecule has 3 aromatic carbocycles. The summed E-state index contributed by atoms with van der Waals surface area (Å²) >= 11 is 12.2. The Morgan fingerprint density at radius 2 is 1.68 bits per heavy atom. The van der Waals surface area contributed by atoms with Crippen molar-refractivity contribution in [2.24, 2.45) is 0 Å². The molecule has 1 amide bonds. The van der Waals surface area contributed by atoms with Crippen molar-refractivity contribution in [2.75, 3.05) is 6.61 Å². The summed E-state index contributed by atoms with van der Waals surface area (Å²) in [4.78, 5) is 26.4. The SMILES string of the molecule is CCCC(C(=O)O)N1C(=O)COC(c2ccc(Cl)cc2C)C1c1ccc(Cl)cc1.Cc1ccc(F)cc1. The van der Waals surface area contributed by atoms with Crippen molar-refractivity contribution in [1.82, 2.24) is 4.90 Å². The highest BCUT2D eigenvalue weighted by atomic mass is 35.5. The Balaban J connectivity index is 0.000000405. The summed E-state index contributed by atoms with van der Waals surface area (Å²) in [6.07, 6.45) is 0.474. The molecular formula is C29H30Cl2FNO4. The number of carboxylic acid groups (broad SMARTS) is 1. The normalized spacial score (nSPS) is 18.1. The molecule has 0 bridgehead atoms. The molecule has 5 nitrogen and oxygen atoms in total. The van der Waals surface area contributed by atoms with E-state index in [2.05, 4.69) is 0 Å². The van der Waals surface area contributed by atoms with Crippen LogP contribution in [0.4, 0.5) is 4.39 Å². The maximum absolute atomic E-state index is 12.9. The molecule has 8 heteroatoms. The van der Waals surface area contributed by atoms with Gasteiger partial charge in [0.1, 0.15) is 24.6 Å². The lowest BCUT2D eigenvalue weighted by molar-refractivity contribution is -0.171. The first kappa shape index (κ1) is 28.6. The van der Waals surface area contributed by atoms with Crippen LogP contribution in [0.5, 0.6) is 0 Å². The van der Waals surface area contributed by atoms with Gasteiger partial charge in [-0.1, -0.05) is 72.4 Å². The fourth-order valence-corrected chi connectivity index (χ4v) is 4.75. The number of rotatable bonds is 6. The van der Waals surface area contributed by atoms with Gasteiger partial charge >= 0.3 is 5.97 Å². The van der Waals surface area contributed by atoms with Crippen LogP contribution in [0.1, 0.15) is 54.2 Å². The van der Waals surface area contributed by atoms with Crippen molar-refractivity contribution < 1.29 is 23.8 Å². The number of morpholine rings is 1. The number of halogens is 3. The Hall–Kier alpha value is -2.93. The lowest BCUT2D eigenvalue weighted by atomic mass is 9.89. The Labute approximate surface area is 226 Å². The summed E-state index contributed by atoms with van der Waals surface area (Å²) in [5.74, 6) is -1.53. The monoisotopic (exact) mass is 545 g/mol. The quantitative estimate of drug-likeness (QED) is 0.352. The van der Waals surface area contributed by atoms with Crippen LogP contribution >= 0.6 is 23.2 Å². The Morgan fingerprint density at radius 1 is 1.05 bits per heavy atom. The number of carboxylic acids is 1. The average Bonchev–Trinajstić information content (AvgIpc) is 2.86. The number of carbonyl (C=O) groups is 2. The van der Waals surface area contributed by atoms with Crippen LogP contribution in [0.25, 0.3) is 0 Å². The number of hydrogen-bond donors (Lipinski definition) is 1.